The Bertz CT molecular complexity index is 1460. The molecule has 3 atom stereocenters. The predicted octanol–water partition coefficient (Wildman–Crippen LogP) is 6.15. The van der Waals surface area contributed by atoms with Crippen LogP contribution in [0.15, 0.2) is 36.5 Å². The largest absolute Gasteiger partial charge is 0.496 e. The van der Waals surface area contributed by atoms with Gasteiger partial charge in [-0.2, -0.15) is 5.10 Å². The molecular formula is C30H34F3N3O4. The van der Waals surface area contributed by atoms with Gasteiger partial charge in [0, 0.05) is 31.0 Å². The summed E-state index contributed by atoms with van der Waals surface area (Å²) in [4.78, 5) is 12.7. The van der Waals surface area contributed by atoms with Crippen molar-refractivity contribution in [2.75, 3.05) is 20.3 Å². The predicted molar refractivity (Wildman–Crippen MR) is 145 cm³/mol. The van der Waals surface area contributed by atoms with E-state index in [1.807, 2.05) is 23.7 Å². The van der Waals surface area contributed by atoms with Crippen LogP contribution in [-0.4, -0.2) is 58.0 Å². The molecule has 3 aromatic rings. The van der Waals surface area contributed by atoms with Crippen molar-refractivity contribution in [3.05, 3.63) is 64.6 Å². The lowest BCUT2D eigenvalue weighted by Gasteiger charge is -2.51. The molecule has 2 aromatic carbocycles. The first-order valence-corrected chi connectivity index (χ1v) is 13.5. The van der Waals surface area contributed by atoms with Gasteiger partial charge in [0.1, 0.15) is 11.6 Å². The van der Waals surface area contributed by atoms with Gasteiger partial charge < -0.3 is 14.6 Å². The maximum atomic E-state index is 16.1. The normalized spacial score (nSPS) is 24.0. The van der Waals surface area contributed by atoms with Crippen LogP contribution >= 0.6 is 0 Å². The minimum Gasteiger partial charge on any atom is -0.496 e. The first-order valence-electron chi connectivity index (χ1n) is 13.5. The summed E-state index contributed by atoms with van der Waals surface area (Å²) in [6.07, 6.45) is 7.17. The molecule has 10 heteroatoms. The van der Waals surface area contributed by atoms with Crippen LogP contribution in [-0.2, 0) is 21.5 Å². The second kappa shape index (κ2) is 10.6. The summed E-state index contributed by atoms with van der Waals surface area (Å²) in [6.45, 7) is 4.56. The van der Waals surface area contributed by atoms with E-state index in [9.17, 15) is 13.6 Å². The van der Waals surface area contributed by atoms with Crippen molar-refractivity contribution in [3.8, 4) is 5.75 Å². The fraction of sp³-hybridized carbons (Fsp3) is 0.467. The van der Waals surface area contributed by atoms with E-state index in [0.29, 0.717) is 18.6 Å². The highest BCUT2D eigenvalue weighted by atomic mass is 19.3. The van der Waals surface area contributed by atoms with Gasteiger partial charge in [0.15, 0.2) is 6.23 Å². The van der Waals surface area contributed by atoms with Crippen molar-refractivity contribution in [1.29, 1.82) is 0 Å². The van der Waals surface area contributed by atoms with Gasteiger partial charge >= 0.3 is 5.97 Å². The molecule has 2 aliphatic rings. The maximum Gasteiger partial charge on any atom is 0.328 e. The van der Waals surface area contributed by atoms with Crippen molar-refractivity contribution in [2.24, 2.45) is 0 Å². The van der Waals surface area contributed by atoms with Crippen LogP contribution < -0.4 is 4.74 Å². The fourth-order valence-corrected chi connectivity index (χ4v) is 6.39. The van der Waals surface area contributed by atoms with Crippen LogP contribution in [0.2, 0.25) is 0 Å². The Hall–Kier alpha value is -3.37. The Balaban J connectivity index is 1.73. The minimum absolute atomic E-state index is 0.113. The standard InChI is InChI=1S/C30H34F3N3O4/c1-18-13-20-21-16-34-36(26-7-5-6-12-40-26)24(21)10-9-22(20)30(3,35(18)17-29(2,32)33)28-23(31)14-19(8-11-27(37)38)15-25(28)39-4/h8-11,14-16,18,26H,5-7,12-13,17H2,1-4H3,(H,37,38)/b11-8+. The number of carboxylic acids is 1. The molecule has 3 unspecified atom stereocenters. The van der Waals surface area contributed by atoms with Crippen LogP contribution in [0.1, 0.15) is 68.5 Å². The van der Waals surface area contributed by atoms with E-state index >= 15 is 4.39 Å². The van der Waals surface area contributed by atoms with Crippen molar-refractivity contribution < 1.29 is 32.5 Å². The number of aromatic nitrogens is 2. The second-order valence-electron chi connectivity index (χ2n) is 11.0. The molecule has 3 heterocycles. The van der Waals surface area contributed by atoms with E-state index in [4.69, 9.17) is 14.6 Å². The van der Waals surface area contributed by atoms with E-state index in [1.54, 1.807) is 18.0 Å². The smallest absolute Gasteiger partial charge is 0.328 e. The molecule has 40 heavy (non-hydrogen) atoms. The lowest BCUT2D eigenvalue weighted by atomic mass is 9.73. The molecule has 0 aliphatic carbocycles. The van der Waals surface area contributed by atoms with E-state index in [1.165, 1.54) is 25.3 Å². The molecule has 1 N–H and O–H groups in total. The van der Waals surface area contributed by atoms with Gasteiger partial charge in [-0.15, -0.1) is 0 Å². The topological polar surface area (TPSA) is 76.8 Å². The average Bonchev–Trinajstić information content (AvgIpc) is 3.34. The molecule has 5 rings (SSSR count). The number of ether oxygens (including phenoxy) is 2. The minimum atomic E-state index is -3.05. The van der Waals surface area contributed by atoms with Crippen LogP contribution in [0.25, 0.3) is 17.0 Å². The molecule has 1 saturated heterocycles. The molecule has 0 bridgehead atoms. The summed E-state index contributed by atoms with van der Waals surface area (Å²) in [5, 5.41) is 14.6. The van der Waals surface area contributed by atoms with E-state index in [-0.39, 0.29) is 29.1 Å². The SMILES string of the molecule is COc1cc(/C=C/C(=O)O)cc(F)c1C1(C)c2ccc3c(cnn3C3CCCCO3)c2CC(C)N1CC(C)(F)F. The lowest BCUT2D eigenvalue weighted by Crippen LogP contribution is -2.57. The highest BCUT2D eigenvalue weighted by Gasteiger charge is 2.49. The van der Waals surface area contributed by atoms with Gasteiger partial charge in [-0.25, -0.2) is 22.6 Å². The van der Waals surface area contributed by atoms with Crippen LogP contribution in [0.4, 0.5) is 13.2 Å². The molecule has 2 aliphatic heterocycles. The van der Waals surface area contributed by atoms with E-state index in [0.717, 1.165) is 48.7 Å². The number of methoxy groups -OCH3 is 1. The third-order valence-electron chi connectivity index (χ3n) is 8.10. The zero-order chi connectivity index (χ0) is 28.8. The van der Waals surface area contributed by atoms with Gasteiger partial charge in [0.05, 0.1) is 36.5 Å². The maximum absolute atomic E-state index is 16.1. The fourth-order valence-electron chi connectivity index (χ4n) is 6.39. The molecule has 0 amide bonds. The summed E-state index contributed by atoms with van der Waals surface area (Å²) >= 11 is 0. The van der Waals surface area contributed by atoms with Gasteiger partial charge in [-0.05, 0) is 80.5 Å². The molecule has 214 valence electrons. The van der Waals surface area contributed by atoms with Crippen molar-refractivity contribution in [1.82, 2.24) is 14.7 Å². The number of carboxylic acid groups (broad SMARTS) is 1. The highest BCUT2D eigenvalue weighted by molar-refractivity contribution is 5.86. The van der Waals surface area contributed by atoms with Crippen molar-refractivity contribution >= 4 is 22.9 Å². The molecule has 0 radical (unpaired) electrons. The zero-order valence-electron chi connectivity index (χ0n) is 23.1. The van der Waals surface area contributed by atoms with Crippen molar-refractivity contribution in [2.45, 2.75) is 70.2 Å². The van der Waals surface area contributed by atoms with Gasteiger partial charge in [0.2, 0.25) is 0 Å². The first-order chi connectivity index (χ1) is 18.9. The molecule has 0 spiro atoms. The molecule has 7 nitrogen and oxygen atoms in total. The lowest BCUT2D eigenvalue weighted by molar-refractivity contribution is -0.131. The molecule has 1 fully saturated rings. The van der Waals surface area contributed by atoms with Crippen LogP contribution in [0, 0.1) is 5.82 Å². The average molecular weight is 558 g/mol. The van der Waals surface area contributed by atoms with Crippen LogP contribution in [0.3, 0.4) is 0 Å². The second-order valence-corrected chi connectivity index (χ2v) is 11.0. The summed E-state index contributed by atoms with van der Waals surface area (Å²) < 4.78 is 58.9. The van der Waals surface area contributed by atoms with Gasteiger partial charge in [-0.1, -0.05) is 6.07 Å². The molecular weight excluding hydrogens is 523 g/mol. The number of aliphatic carboxylic acids is 1. The Morgan fingerprint density at radius 3 is 2.75 bits per heavy atom. The number of nitrogens with zero attached hydrogens (tertiary/aromatic N) is 3. The van der Waals surface area contributed by atoms with E-state index in [2.05, 4.69) is 5.10 Å². The Morgan fingerprint density at radius 2 is 2.10 bits per heavy atom. The summed E-state index contributed by atoms with van der Waals surface area (Å²) in [7, 11) is 1.38. The first kappa shape index (κ1) is 28.2. The zero-order valence-corrected chi connectivity index (χ0v) is 23.1. The monoisotopic (exact) mass is 557 g/mol. The molecule has 1 aromatic heterocycles. The third-order valence-corrected chi connectivity index (χ3v) is 8.10. The number of halogens is 3. The number of benzene rings is 2. The Morgan fingerprint density at radius 1 is 1.32 bits per heavy atom. The van der Waals surface area contributed by atoms with Crippen LogP contribution in [0.5, 0.6) is 5.75 Å². The van der Waals surface area contributed by atoms with Crippen molar-refractivity contribution in [3.63, 3.8) is 0 Å². The number of rotatable bonds is 7. The van der Waals surface area contributed by atoms with Gasteiger partial charge in [0.25, 0.3) is 5.92 Å². The Kier molecular flexibility index (Phi) is 7.43. The molecule has 0 saturated carbocycles. The Labute approximate surface area is 231 Å². The number of carbonyl (C=O) groups is 1. The highest BCUT2D eigenvalue weighted by Crippen LogP contribution is 2.50. The third kappa shape index (κ3) is 4.99. The number of fused-ring (bicyclic) bond motifs is 3. The summed E-state index contributed by atoms with van der Waals surface area (Å²) in [5.74, 6) is -4.76. The summed E-state index contributed by atoms with van der Waals surface area (Å²) in [5.41, 5.74) is 1.55. The quantitative estimate of drug-likeness (QED) is 0.352. The van der Waals surface area contributed by atoms with Gasteiger partial charge in [-0.3, -0.25) is 4.90 Å². The number of hydrogen-bond donors (Lipinski definition) is 1. The number of hydrogen-bond acceptors (Lipinski definition) is 5. The summed E-state index contributed by atoms with van der Waals surface area (Å²) in [6, 6.07) is 6.15. The number of alkyl halides is 2. The van der Waals surface area contributed by atoms with E-state index < -0.39 is 29.8 Å².